The molecule has 2 aromatic heterocycles. The molecule has 1 aliphatic rings. The number of nitro benzene ring substituents is 1. The number of furan rings is 1. The van der Waals surface area contributed by atoms with Gasteiger partial charge in [0.05, 0.1) is 54.4 Å². The van der Waals surface area contributed by atoms with Gasteiger partial charge in [-0.15, -0.1) is 0 Å². The third-order valence-electron chi connectivity index (χ3n) is 7.30. The summed E-state index contributed by atoms with van der Waals surface area (Å²) >= 11 is 0. The quantitative estimate of drug-likeness (QED) is 0.124. The molecule has 5 aromatic rings. The van der Waals surface area contributed by atoms with Crippen LogP contribution in [0.5, 0.6) is 17.2 Å². The van der Waals surface area contributed by atoms with Crippen LogP contribution in [0.3, 0.4) is 0 Å². The molecule has 1 saturated heterocycles. The largest absolute Gasteiger partial charge is 0.496 e. The first-order valence-corrected chi connectivity index (χ1v) is 14.4. The Morgan fingerprint density at radius 2 is 1.87 bits per heavy atom. The fraction of sp³-hybridized carbons (Fsp3) is 0.250. The Balaban J connectivity index is 1.41. The molecule has 3 aromatic carbocycles. The van der Waals surface area contributed by atoms with Crippen LogP contribution in [0.1, 0.15) is 12.5 Å². The molecule has 0 unspecified atom stereocenters. The van der Waals surface area contributed by atoms with Crippen molar-refractivity contribution in [3.05, 3.63) is 86.7 Å². The van der Waals surface area contributed by atoms with Gasteiger partial charge >= 0.3 is 5.69 Å². The Bertz CT molecular complexity index is 2030. The Morgan fingerprint density at radius 3 is 2.63 bits per heavy atom. The second-order valence-electron chi connectivity index (χ2n) is 10.1. The number of amides is 1. The summed E-state index contributed by atoms with van der Waals surface area (Å²) in [5, 5.41) is 17.6. The Kier molecular flexibility index (Phi) is 8.61. The van der Waals surface area contributed by atoms with Gasteiger partial charge in [0, 0.05) is 24.7 Å². The standard InChI is InChI=1S/C32H29N5O9/c1-3-44-27-16-20(15-24(37(40)41)30(27)45-19-29(38)35-11-13-43-14-12-35)18-33-36-31(34-23-8-5-4-7-21(23)32(36)39)28-17-22-25(42-2)9-6-10-26(22)46-28/h4-10,15-18H,3,11-14,19H2,1-2H3. The molecule has 14 heteroatoms. The van der Waals surface area contributed by atoms with Crippen molar-refractivity contribution in [2.75, 3.05) is 46.6 Å². The van der Waals surface area contributed by atoms with Gasteiger partial charge < -0.3 is 28.3 Å². The van der Waals surface area contributed by atoms with Crippen molar-refractivity contribution >= 4 is 39.7 Å². The van der Waals surface area contributed by atoms with Crippen LogP contribution in [0.15, 0.2) is 75.0 Å². The zero-order valence-corrected chi connectivity index (χ0v) is 25.0. The number of ether oxygens (including phenoxy) is 4. The summed E-state index contributed by atoms with van der Waals surface area (Å²) in [6.07, 6.45) is 1.28. The Morgan fingerprint density at radius 1 is 1.07 bits per heavy atom. The highest BCUT2D eigenvalue weighted by molar-refractivity contribution is 5.89. The van der Waals surface area contributed by atoms with E-state index in [1.54, 1.807) is 67.5 Å². The maximum Gasteiger partial charge on any atom is 0.315 e. The van der Waals surface area contributed by atoms with E-state index in [2.05, 4.69) is 10.1 Å². The van der Waals surface area contributed by atoms with Gasteiger partial charge in [0.1, 0.15) is 11.3 Å². The predicted octanol–water partition coefficient (Wildman–Crippen LogP) is 4.25. The summed E-state index contributed by atoms with van der Waals surface area (Å²) in [4.78, 5) is 44.1. The van der Waals surface area contributed by atoms with Crippen molar-refractivity contribution < 1.29 is 33.1 Å². The minimum Gasteiger partial charge on any atom is -0.496 e. The van der Waals surface area contributed by atoms with Crippen LogP contribution in [-0.4, -0.2) is 78.2 Å². The summed E-state index contributed by atoms with van der Waals surface area (Å²) in [5.41, 5.74) is 0.274. The molecule has 0 radical (unpaired) electrons. The van der Waals surface area contributed by atoms with Gasteiger partial charge in [0.2, 0.25) is 11.6 Å². The van der Waals surface area contributed by atoms with Crippen LogP contribution in [0.4, 0.5) is 5.69 Å². The van der Waals surface area contributed by atoms with E-state index in [-0.39, 0.29) is 41.2 Å². The normalized spacial score (nSPS) is 13.4. The lowest BCUT2D eigenvalue weighted by molar-refractivity contribution is -0.385. The number of hydrogen-bond donors (Lipinski definition) is 0. The highest BCUT2D eigenvalue weighted by Crippen LogP contribution is 2.38. The van der Waals surface area contributed by atoms with Crippen LogP contribution in [0, 0.1) is 10.1 Å². The van der Waals surface area contributed by atoms with Crippen molar-refractivity contribution in [2.45, 2.75) is 6.92 Å². The number of rotatable bonds is 10. The number of methoxy groups -OCH3 is 1. The topological polar surface area (TPSA) is 161 Å². The average Bonchev–Trinajstić information content (AvgIpc) is 3.52. The summed E-state index contributed by atoms with van der Waals surface area (Å²) in [5.74, 6) is 0.474. The molecular weight excluding hydrogens is 598 g/mol. The van der Waals surface area contributed by atoms with Crippen molar-refractivity contribution in [1.82, 2.24) is 14.6 Å². The number of morpholine rings is 1. The van der Waals surface area contributed by atoms with E-state index in [1.165, 1.54) is 18.3 Å². The second-order valence-corrected chi connectivity index (χ2v) is 10.1. The van der Waals surface area contributed by atoms with E-state index in [4.69, 9.17) is 23.4 Å². The maximum atomic E-state index is 13.7. The van der Waals surface area contributed by atoms with Crippen LogP contribution >= 0.6 is 0 Å². The number of para-hydroxylation sites is 1. The van der Waals surface area contributed by atoms with E-state index in [9.17, 15) is 19.7 Å². The van der Waals surface area contributed by atoms with Crippen LogP contribution in [0.2, 0.25) is 0 Å². The third kappa shape index (κ3) is 5.97. The molecule has 6 rings (SSSR count). The fourth-order valence-electron chi connectivity index (χ4n) is 5.10. The molecular formula is C32H29N5O9. The predicted molar refractivity (Wildman–Crippen MR) is 168 cm³/mol. The molecule has 0 N–H and O–H groups in total. The molecule has 1 fully saturated rings. The van der Waals surface area contributed by atoms with Gasteiger partial charge in [-0.2, -0.15) is 9.78 Å². The highest BCUT2D eigenvalue weighted by atomic mass is 16.6. The SMILES string of the molecule is CCOc1cc(C=Nn2c(-c3cc4c(OC)cccc4o3)nc3ccccc3c2=O)cc([N+](=O)[O-])c1OCC(=O)N1CCOCC1. The number of aromatic nitrogens is 2. The lowest BCUT2D eigenvalue weighted by atomic mass is 10.2. The van der Waals surface area contributed by atoms with Gasteiger partial charge in [-0.1, -0.05) is 18.2 Å². The van der Waals surface area contributed by atoms with Crippen LogP contribution in [-0.2, 0) is 9.53 Å². The monoisotopic (exact) mass is 627 g/mol. The molecule has 1 aliphatic heterocycles. The smallest absolute Gasteiger partial charge is 0.315 e. The van der Waals surface area contributed by atoms with Gasteiger partial charge in [0.25, 0.3) is 11.5 Å². The molecule has 46 heavy (non-hydrogen) atoms. The summed E-state index contributed by atoms with van der Waals surface area (Å²) < 4.78 is 29.2. The van der Waals surface area contributed by atoms with Gasteiger partial charge in [-0.3, -0.25) is 19.7 Å². The zero-order chi connectivity index (χ0) is 32.2. The average molecular weight is 628 g/mol. The van der Waals surface area contributed by atoms with E-state index in [0.29, 0.717) is 53.9 Å². The number of fused-ring (bicyclic) bond motifs is 2. The molecule has 14 nitrogen and oxygen atoms in total. The molecule has 0 saturated carbocycles. The van der Waals surface area contributed by atoms with Crippen LogP contribution in [0.25, 0.3) is 33.5 Å². The number of nitro groups is 1. The second kappa shape index (κ2) is 13.1. The van der Waals surface area contributed by atoms with Crippen LogP contribution < -0.4 is 19.8 Å². The Hall–Kier alpha value is -5.76. The summed E-state index contributed by atoms with van der Waals surface area (Å²) in [7, 11) is 1.55. The molecule has 236 valence electrons. The van der Waals surface area contributed by atoms with Crippen molar-refractivity contribution in [3.63, 3.8) is 0 Å². The first kappa shape index (κ1) is 30.3. The van der Waals surface area contributed by atoms with E-state index in [1.807, 2.05) is 0 Å². The molecule has 3 heterocycles. The van der Waals surface area contributed by atoms with E-state index >= 15 is 0 Å². The zero-order valence-electron chi connectivity index (χ0n) is 25.0. The van der Waals surface area contributed by atoms with Crippen molar-refractivity contribution in [3.8, 4) is 28.8 Å². The minimum atomic E-state index is -0.634. The molecule has 0 atom stereocenters. The lowest BCUT2D eigenvalue weighted by Crippen LogP contribution is -2.43. The first-order chi connectivity index (χ1) is 22.4. The number of carbonyl (C=O) groups is 1. The maximum absolute atomic E-state index is 13.7. The number of nitrogens with zero attached hydrogens (tertiary/aromatic N) is 5. The number of carbonyl (C=O) groups excluding carboxylic acids is 1. The highest BCUT2D eigenvalue weighted by Gasteiger charge is 2.25. The van der Waals surface area contributed by atoms with Gasteiger partial charge in [-0.25, -0.2) is 4.98 Å². The van der Waals surface area contributed by atoms with Crippen molar-refractivity contribution in [2.24, 2.45) is 5.10 Å². The number of hydrogen-bond acceptors (Lipinski definition) is 11. The molecule has 1 amide bonds. The van der Waals surface area contributed by atoms with Gasteiger partial charge in [0.15, 0.2) is 18.1 Å². The first-order valence-electron chi connectivity index (χ1n) is 14.4. The third-order valence-corrected chi connectivity index (χ3v) is 7.30. The van der Waals surface area contributed by atoms with E-state index < -0.39 is 22.8 Å². The molecule has 0 aliphatic carbocycles. The summed E-state index contributed by atoms with van der Waals surface area (Å²) in [6.45, 7) is 3.09. The fourth-order valence-corrected chi connectivity index (χ4v) is 5.10. The molecule has 0 bridgehead atoms. The number of benzene rings is 3. The van der Waals surface area contributed by atoms with E-state index in [0.717, 1.165) is 4.68 Å². The minimum absolute atomic E-state index is 0.0431. The summed E-state index contributed by atoms with van der Waals surface area (Å²) in [6, 6.07) is 16.6. The van der Waals surface area contributed by atoms with Crippen molar-refractivity contribution in [1.29, 1.82) is 0 Å². The molecule has 0 spiro atoms. The van der Waals surface area contributed by atoms with Gasteiger partial charge in [-0.05, 0) is 43.3 Å². The lowest BCUT2D eigenvalue weighted by Gasteiger charge is -2.26. The Labute approximate surface area is 261 Å².